The highest BCUT2D eigenvalue weighted by molar-refractivity contribution is 6.16. The van der Waals surface area contributed by atoms with Crippen molar-refractivity contribution >= 4 is 23.7 Å². The van der Waals surface area contributed by atoms with Crippen molar-refractivity contribution in [3.63, 3.8) is 0 Å². The van der Waals surface area contributed by atoms with Crippen molar-refractivity contribution in [1.82, 2.24) is 0 Å². The lowest BCUT2D eigenvalue weighted by atomic mass is 9.70. The summed E-state index contributed by atoms with van der Waals surface area (Å²) in [6.45, 7) is 3.92. The van der Waals surface area contributed by atoms with E-state index in [-0.39, 0.29) is 11.1 Å². The van der Waals surface area contributed by atoms with Crippen molar-refractivity contribution in [2.24, 2.45) is 0 Å². The van der Waals surface area contributed by atoms with Crippen LogP contribution in [0.3, 0.4) is 0 Å². The molecule has 4 aromatic rings. The number of carbonyl (C=O) groups is 3. The molecule has 5 nitrogen and oxygen atoms in total. The highest BCUT2D eigenvalue weighted by atomic mass is 16.6. The number of carbonyl (C=O) groups excluding carboxylic acids is 3. The van der Waals surface area contributed by atoms with E-state index in [1.54, 1.807) is 12.1 Å². The SMILES string of the molecule is C=C1OC(=O)c2cc3c(cc21)-c1ccccc1C31c2ccccc2-c2cc3c(cc21)C(=O)OC3=O. The maximum absolute atomic E-state index is 12.7. The van der Waals surface area contributed by atoms with Crippen LogP contribution in [0.1, 0.15) is 58.9 Å². The smallest absolute Gasteiger partial charge is 0.346 e. The largest absolute Gasteiger partial charge is 0.423 e. The number of rotatable bonds is 0. The predicted octanol–water partition coefficient (Wildman–Crippen LogP) is 5.48. The van der Waals surface area contributed by atoms with E-state index in [1.165, 1.54) is 0 Å². The Morgan fingerprint density at radius 3 is 1.54 bits per heavy atom. The number of benzene rings is 4. The molecule has 1 unspecified atom stereocenters. The molecule has 1 spiro atoms. The first kappa shape index (κ1) is 18.6. The van der Waals surface area contributed by atoms with E-state index in [0.717, 1.165) is 44.5 Å². The van der Waals surface area contributed by atoms with Crippen molar-refractivity contribution in [3.05, 3.63) is 124 Å². The van der Waals surface area contributed by atoms with Crippen LogP contribution < -0.4 is 0 Å². The highest BCUT2D eigenvalue weighted by Gasteiger charge is 2.53. The van der Waals surface area contributed by atoms with E-state index < -0.39 is 23.3 Å². The third-order valence-corrected chi connectivity index (χ3v) is 7.73. The van der Waals surface area contributed by atoms with Crippen molar-refractivity contribution in [2.75, 3.05) is 0 Å². The van der Waals surface area contributed by atoms with Crippen LogP contribution in [0.4, 0.5) is 0 Å². The van der Waals surface area contributed by atoms with Gasteiger partial charge in [0.25, 0.3) is 0 Å². The van der Waals surface area contributed by atoms with Gasteiger partial charge >= 0.3 is 17.9 Å². The van der Waals surface area contributed by atoms with Gasteiger partial charge in [0.1, 0.15) is 5.76 Å². The van der Waals surface area contributed by atoms with Gasteiger partial charge in [-0.3, -0.25) is 0 Å². The van der Waals surface area contributed by atoms with Gasteiger partial charge < -0.3 is 9.47 Å². The number of ether oxygens (including phenoxy) is 2. The first-order valence-electron chi connectivity index (χ1n) is 11.2. The van der Waals surface area contributed by atoms with E-state index >= 15 is 0 Å². The molecule has 0 radical (unpaired) electrons. The third-order valence-electron chi connectivity index (χ3n) is 7.73. The zero-order valence-electron chi connectivity index (χ0n) is 18.2. The van der Waals surface area contributed by atoms with Gasteiger partial charge in [-0.2, -0.15) is 0 Å². The van der Waals surface area contributed by atoms with Gasteiger partial charge in [-0.05, 0) is 68.8 Å². The fourth-order valence-electron chi connectivity index (χ4n) is 6.38. The van der Waals surface area contributed by atoms with E-state index in [0.29, 0.717) is 16.9 Å². The first-order valence-corrected chi connectivity index (χ1v) is 11.2. The van der Waals surface area contributed by atoms with Gasteiger partial charge in [0.2, 0.25) is 0 Å². The van der Waals surface area contributed by atoms with Crippen LogP contribution in [0.15, 0.2) is 79.4 Å². The van der Waals surface area contributed by atoms with E-state index in [9.17, 15) is 14.4 Å². The minimum Gasteiger partial charge on any atom is -0.423 e. The summed E-state index contributed by atoms with van der Waals surface area (Å²) >= 11 is 0. The van der Waals surface area contributed by atoms with Gasteiger partial charge in [-0.25, -0.2) is 14.4 Å². The summed E-state index contributed by atoms with van der Waals surface area (Å²) in [7, 11) is 0. The molecule has 2 aliphatic heterocycles. The van der Waals surface area contributed by atoms with Crippen LogP contribution in [0.25, 0.3) is 28.0 Å². The Morgan fingerprint density at radius 2 is 0.943 bits per heavy atom. The molecule has 0 amide bonds. The van der Waals surface area contributed by atoms with E-state index in [2.05, 4.69) is 24.8 Å². The topological polar surface area (TPSA) is 69.7 Å². The van der Waals surface area contributed by atoms with Crippen LogP contribution in [-0.2, 0) is 14.9 Å². The van der Waals surface area contributed by atoms with Gasteiger partial charge in [0.05, 0.1) is 22.1 Å². The Kier molecular flexibility index (Phi) is 3.10. The summed E-state index contributed by atoms with van der Waals surface area (Å²) in [6.07, 6.45) is 0. The van der Waals surface area contributed by atoms with Crippen molar-refractivity contribution in [2.45, 2.75) is 5.41 Å². The molecule has 0 saturated carbocycles. The summed E-state index contributed by atoms with van der Waals surface area (Å²) in [5.41, 5.74) is 8.75. The number of fused-ring (bicyclic) bond motifs is 12. The quantitative estimate of drug-likeness (QED) is 0.225. The van der Waals surface area contributed by atoms with Crippen LogP contribution in [-0.4, -0.2) is 17.9 Å². The zero-order chi connectivity index (χ0) is 23.6. The normalized spacial score (nSPS) is 19.7. The van der Waals surface area contributed by atoms with Crippen LogP contribution in [0.5, 0.6) is 0 Å². The number of hydrogen-bond acceptors (Lipinski definition) is 5. The average molecular weight is 454 g/mol. The molecule has 0 aromatic heterocycles. The monoisotopic (exact) mass is 454 g/mol. The molecule has 8 rings (SSSR count). The summed E-state index contributed by atoms with van der Waals surface area (Å²) in [5.74, 6) is -1.34. The minimum atomic E-state index is -0.766. The van der Waals surface area contributed by atoms with Crippen molar-refractivity contribution < 1.29 is 23.9 Å². The molecule has 0 fully saturated rings. The number of cyclic esters (lactones) is 3. The fraction of sp³-hybridized carbons (Fsp3) is 0.0333. The summed E-state index contributed by atoms with van der Waals surface area (Å²) in [4.78, 5) is 37.6. The summed E-state index contributed by atoms with van der Waals surface area (Å²) < 4.78 is 10.3. The maximum Gasteiger partial charge on any atom is 0.346 e. The molecule has 4 aliphatic rings. The second-order valence-electron chi connectivity index (χ2n) is 9.22. The second kappa shape index (κ2) is 5.83. The lowest BCUT2D eigenvalue weighted by Crippen LogP contribution is -2.26. The Morgan fingerprint density at radius 1 is 0.486 bits per heavy atom. The molecule has 2 heterocycles. The third kappa shape index (κ3) is 1.96. The van der Waals surface area contributed by atoms with Crippen LogP contribution >= 0.6 is 0 Å². The first-order chi connectivity index (χ1) is 17.0. The molecule has 164 valence electrons. The van der Waals surface area contributed by atoms with Gasteiger partial charge in [0.15, 0.2) is 0 Å². The lowest BCUT2D eigenvalue weighted by molar-refractivity contribution is 0.0443. The van der Waals surface area contributed by atoms with Crippen LogP contribution in [0.2, 0.25) is 0 Å². The molecule has 35 heavy (non-hydrogen) atoms. The lowest BCUT2D eigenvalue weighted by Gasteiger charge is -2.30. The second-order valence-corrected chi connectivity index (χ2v) is 9.22. The fourth-order valence-corrected chi connectivity index (χ4v) is 6.38. The molecular formula is C30H14O5. The van der Waals surface area contributed by atoms with Crippen molar-refractivity contribution in [3.8, 4) is 22.3 Å². The predicted molar refractivity (Wildman–Crippen MR) is 127 cm³/mol. The van der Waals surface area contributed by atoms with E-state index in [1.807, 2.05) is 42.5 Å². The maximum atomic E-state index is 12.7. The minimum absolute atomic E-state index is 0.265. The molecule has 4 aromatic carbocycles. The molecule has 2 aliphatic carbocycles. The standard InChI is InChI=1S/C30H14O5/c1-14-17-10-18-15-6-2-4-8-23(15)30(25(18)12-21(17)27(31)34-14)24-9-5-3-7-16(24)19-11-20-22(13-26(19)30)29(33)35-28(20)32/h2-13H,1H2. The Hall–Kier alpha value is -4.77. The zero-order valence-corrected chi connectivity index (χ0v) is 18.2. The molecule has 1 atom stereocenters. The Balaban J connectivity index is 1.58. The van der Waals surface area contributed by atoms with Gasteiger partial charge in [-0.1, -0.05) is 55.1 Å². The Bertz CT molecular complexity index is 1640. The van der Waals surface area contributed by atoms with Crippen LogP contribution in [0, 0.1) is 0 Å². The molecule has 5 heteroatoms. The van der Waals surface area contributed by atoms with E-state index in [4.69, 9.17) is 9.47 Å². The number of hydrogen-bond donors (Lipinski definition) is 0. The molecule has 0 N–H and O–H groups in total. The van der Waals surface area contributed by atoms with Gasteiger partial charge in [-0.15, -0.1) is 0 Å². The summed E-state index contributed by atoms with van der Waals surface area (Å²) in [5, 5.41) is 0. The van der Waals surface area contributed by atoms with Crippen molar-refractivity contribution in [1.29, 1.82) is 0 Å². The molecule has 0 saturated heterocycles. The van der Waals surface area contributed by atoms with Gasteiger partial charge in [0, 0.05) is 5.56 Å². The molecular weight excluding hydrogens is 440 g/mol. The highest BCUT2D eigenvalue weighted by Crippen LogP contribution is 2.63. The number of esters is 3. The summed E-state index contributed by atoms with van der Waals surface area (Å²) in [6, 6.07) is 23.7. The Labute approximate surface area is 199 Å². The average Bonchev–Trinajstić information content (AvgIpc) is 3.52. The molecule has 0 bridgehead atoms.